The summed E-state index contributed by atoms with van der Waals surface area (Å²) >= 11 is 0. The second kappa shape index (κ2) is 5.67. The van der Waals surface area contributed by atoms with Gasteiger partial charge in [0, 0.05) is 0 Å². The van der Waals surface area contributed by atoms with Crippen LogP contribution in [0.1, 0.15) is 39.4 Å². The molecule has 26 heavy (non-hydrogen) atoms. The van der Waals surface area contributed by atoms with Crippen LogP contribution in [0.4, 0.5) is 0 Å². The molecule has 126 valence electrons. The van der Waals surface area contributed by atoms with Crippen LogP contribution >= 0.6 is 0 Å². The number of ketones is 1. The SMILES string of the molecule is O=C1c2ccc(o2)/C=C\c2ccc(o2)-c2ccc(o2)/C=C\c2ccc1o2. The van der Waals surface area contributed by atoms with Crippen LogP contribution in [0.5, 0.6) is 0 Å². The van der Waals surface area contributed by atoms with Crippen molar-refractivity contribution in [2.45, 2.75) is 0 Å². The third-order valence-electron chi connectivity index (χ3n) is 4.02. The van der Waals surface area contributed by atoms with Crippen LogP contribution in [-0.2, 0) is 0 Å². The molecule has 0 atom stereocenters. The molecule has 0 radical (unpaired) electrons. The number of fused-ring (bicyclic) bond motifs is 9. The van der Waals surface area contributed by atoms with E-state index in [9.17, 15) is 4.79 Å². The molecule has 0 fully saturated rings. The van der Waals surface area contributed by atoms with E-state index in [4.69, 9.17) is 17.7 Å². The lowest BCUT2D eigenvalue weighted by Crippen LogP contribution is -1.96. The van der Waals surface area contributed by atoms with E-state index in [1.54, 1.807) is 48.6 Å². The Morgan fingerprint density at radius 1 is 0.423 bits per heavy atom. The summed E-state index contributed by atoms with van der Waals surface area (Å²) in [5, 5.41) is 0. The molecule has 0 spiro atoms. The average molecular weight is 344 g/mol. The highest BCUT2D eigenvalue weighted by Gasteiger charge is 2.17. The normalized spacial score (nSPS) is 15.6. The monoisotopic (exact) mass is 344 g/mol. The van der Waals surface area contributed by atoms with E-state index in [0.29, 0.717) is 34.6 Å². The molecule has 4 aromatic heterocycles. The summed E-state index contributed by atoms with van der Waals surface area (Å²) in [6, 6.07) is 14.0. The largest absolute Gasteiger partial charge is 0.453 e. The second-order valence-electron chi connectivity index (χ2n) is 5.80. The first-order chi connectivity index (χ1) is 12.7. The summed E-state index contributed by atoms with van der Waals surface area (Å²) in [5.74, 6) is 3.77. The van der Waals surface area contributed by atoms with Crippen LogP contribution in [0.15, 0.2) is 66.2 Å². The number of carbonyl (C=O) groups excluding carboxylic acids is 1. The maximum absolute atomic E-state index is 12.5. The van der Waals surface area contributed by atoms with Crippen molar-refractivity contribution < 1.29 is 22.5 Å². The van der Waals surface area contributed by atoms with Gasteiger partial charge >= 0.3 is 0 Å². The van der Waals surface area contributed by atoms with E-state index >= 15 is 0 Å². The molecule has 5 heterocycles. The summed E-state index contributed by atoms with van der Waals surface area (Å²) < 4.78 is 22.7. The number of hydrogen-bond donors (Lipinski definition) is 0. The first-order valence-corrected chi connectivity index (χ1v) is 8.05. The van der Waals surface area contributed by atoms with Gasteiger partial charge in [-0.2, -0.15) is 0 Å². The van der Waals surface area contributed by atoms with E-state index in [1.807, 2.05) is 24.3 Å². The molecule has 0 unspecified atom stereocenters. The van der Waals surface area contributed by atoms with Gasteiger partial charge < -0.3 is 17.7 Å². The van der Waals surface area contributed by atoms with Crippen molar-refractivity contribution in [2.75, 3.05) is 0 Å². The van der Waals surface area contributed by atoms with E-state index in [-0.39, 0.29) is 17.3 Å². The molecule has 5 nitrogen and oxygen atoms in total. The van der Waals surface area contributed by atoms with Gasteiger partial charge in [-0.15, -0.1) is 0 Å². The molecule has 0 aliphatic carbocycles. The van der Waals surface area contributed by atoms with Crippen LogP contribution in [0.3, 0.4) is 0 Å². The zero-order valence-corrected chi connectivity index (χ0v) is 13.5. The van der Waals surface area contributed by atoms with Crippen LogP contribution in [0.25, 0.3) is 35.8 Å². The smallest absolute Gasteiger partial charge is 0.263 e. The van der Waals surface area contributed by atoms with Gasteiger partial charge in [-0.25, -0.2) is 0 Å². The standard InChI is InChI=1S/C21H12O5/c22-21-19-11-7-15(25-19)3-1-13-5-9-17(23-13)18-10-6-14(24-18)2-4-16-8-12-20(21)26-16/h1-12H/b3-1-,4-2-. The van der Waals surface area contributed by atoms with Gasteiger partial charge in [-0.05, 0) is 72.8 Å². The Morgan fingerprint density at radius 2 is 0.731 bits per heavy atom. The molecule has 1 aliphatic rings. The Bertz CT molecular complexity index is 1070. The molecule has 5 heteroatoms. The third-order valence-corrected chi connectivity index (χ3v) is 4.02. The zero-order valence-electron chi connectivity index (χ0n) is 13.5. The average Bonchev–Trinajstić information content (AvgIpc) is 3.44. The third kappa shape index (κ3) is 2.56. The Morgan fingerprint density at radius 3 is 1.12 bits per heavy atom. The lowest BCUT2D eigenvalue weighted by Gasteiger charge is -1.92. The molecule has 0 N–H and O–H groups in total. The summed E-state index contributed by atoms with van der Waals surface area (Å²) in [6.07, 6.45) is 7.01. The molecule has 0 saturated carbocycles. The Balaban J connectivity index is 1.63. The zero-order chi connectivity index (χ0) is 17.5. The molecule has 5 rings (SSSR count). The first-order valence-electron chi connectivity index (χ1n) is 8.05. The molecule has 8 bridgehead atoms. The lowest BCUT2D eigenvalue weighted by molar-refractivity contribution is 0.0982. The van der Waals surface area contributed by atoms with Gasteiger partial charge in [0.1, 0.15) is 23.0 Å². The minimum Gasteiger partial charge on any atom is -0.453 e. The van der Waals surface area contributed by atoms with Crippen LogP contribution < -0.4 is 0 Å². The number of rotatable bonds is 0. The van der Waals surface area contributed by atoms with E-state index in [0.717, 1.165) is 0 Å². The minimum absolute atomic E-state index is 0.217. The summed E-state index contributed by atoms with van der Waals surface area (Å²) in [7, 11) is 0. The van der Waals surface area contributed by atoms with Gasteiger partial charge in [0.05, 0.1) is 0 Å². The van der Waals surface area contributed by atoms with Crippen LogP contribution in [-0.4, -0.2) is 5.78 Å². The fourth-order valence-electron chi connectivity index (χ4n) is 2.73. The summed E-state index contributed by atoms with van der Waals surface area (Å²) in [5.41, 5.74) is 0. The van der Waals surface area contributed by atoms with Gasteiger partial charge in [-0.1, -0.05) is 0 Å². The lowest BCUT2D eigenvalue weighted by atomic mass is 10.2. The highest BCUT2D eigenvalue weighted by Crippen LogP contribution is 2.27. The number of furan rings is 4. The maximum Gasteiger partial charge on any atom is 0.263 e. The summed E-state index contributed by atoms with van der Waals surface area (Å²) in [4.78, 5) is 12.5. The fraction of sp³-hybridized carbons (Fsp3) is 0. The van der Waals surface area contributed by atoms with E-state index < -0.39 is 0 Å². The van der Waals surface area contributed by atoms with Gasteiger partial charge in [-0.3, -0.25) is 4.79 Å². The van der Waals surface area contributed by atoms with Crippen molar-refractivity contribution >= 4 is 30.1 Å². The predicted molar refractivity (Wildman–Crippen MR) is 95.1 cm³/mol. The van der Waals surface area contributed by atoms with Crippen molar-refractivity contribution in [3.05, 3.63) is 83.1 Å². The Labute approximate surface area is 147 Å². The second-order valence-corrected chi connectivity index (χ2v) is 5.80. The van der Waals surface area contributed by atoms with Crippen LogP contribution in [0, 0.1) is 0 Å². The topological polar surface area (TPSA) is 69.6 Å². The van der Waals surface area contributed by atoms with Crippen molar-refractivity contribution in [3.8, 4) is 11.5 Å². The molecule has 4 aromatic rings. The highest BCUT2D eigenvalue weighted by molar-refractivity contribution is 6.05. The van der Waals surface area contributed by atoms with E-state index in [2.05, 4.69) is 0 Å². The Hall–Kier alpha value is -3.73. The van der Waals surface area contributed by atoms with Crippen LogP contribution in [0.2, 0.25) is 0 Å². The number of hydrogen-bond acceptors (Lipinski definition) is 5. The van der Waals surface area contributed by atoms with Crippen molar-refractivity contribution in [1.29, 1.82) is 0 Å². The van der Waals surface area contributed by atoms with Gasteiger partial charge in [0.25, 0.3) is 5.78 Å². The minimum atomic E-state index is -0.311. The molecule has 1 aliphatic heterocycles. The summed E-state index contributed by atoms with van der Waals surface area (Å²) in [6.45, 7) is 0. The van der Waals surface area contributed by atoms with E-state index in [1.165, 1.54) is 0 Å². The Kier molecular flexibility index (Phi) is 3.18. The molecule has 0 amide bonds. The molecular formula is C21H12O5. The maximum atomic E-state index is 12.5. The number of carbonyl (C=O) groups is 1. The molecule has 0 saturated heterocycles. The van der Waals surface area contributed by atoms with Crippen molar-refractivity contribution in [2.24, 2.45) is 0 Å². The van der Waals surface area contributed by atoms with Crippen molar-refractivity contribution in [1.82, 2.24) is 0 Å². The molecular weight excluding hydrogens is 332 g/mol. The van der Waals surface area contributed by atoms with Gasteiger partial charge in [0.2, 0.25) is 0 Å². The van der Waals surface area contributed by atoms with Crippen molar-refractivity contribution in [3.63, 3.8) is 0 Å². The highest BCUT2D eigenvalue weighted by atomic mass is 16.4. The molecule has 0 aromatic carbocycles. The fourth-order valence-corrected chi connectivity index (χ4v) is 2.73. The predicted octanol–water partition coefficient (Wildman–Crippen LogP) is 5.61. The van der Waals surface area contributed by atoms with Gasteiger partial charge in [0.15, 0.2) is 23.0 Å². The first kappa shape index (κ1) is 14.6. The quantitative estimate of drug-likeness (QED) is 0.365.